The Kier molecular flexibility index (Phi) is 9.93. The molecule has 2 aromatic rings. The third-order valence-corrected chi connectivity index (χ3v) is 12.1. The van der Waals surface area contributed by atoms with Gasteiger partial charge in [-0.3, -0.25) is 14.4 Å². The standard InChI is InChI=1S/C27H29ClN6O11S3/c1-26(2,23(40)41)45-32-16(13-9-46-25(29)30-13)19(37)31-17-21(39)34-10-27(24(42)43,48-22(17)34)47-8-11-7-44-6-5-33(11)20(38)12-3-4-14(35)18(36)15(12)28/h3-4,9,11,17,22,35-36H,5-8,10H2,1-2H3,(H2,29,30)(H,31,37)(H,40,41)(H,42,43)/b32-16-/t11?,17-,22-,27-/m1/s1. The van der Waals surface area contributed by atoms with E-state index in [1.54, 1.807) is 0 Å². The maximum absolute atomic E-state index is 13.4. The fourth-order valence-electron chi connectivity index (χ4n) is 4.85. The quantitative estimate of drug-likeness (QED) is 0.0806. The largest absolute Gasteiger partial charge is 0.504 e. The summed E-state index contributed by atoms with van der Waals surface area (Å²) >= 11 is 9.07. The Morgan fingerprint density at radius 3 is 2.67 bits per heavy atom. The van der Waals surface area contributed by atoms with E-state index in [1.807, 2.05) is 0 Å². The van der Waals surface area contributed by atoms with Gasteiger partial charge in [-0.1, -0.05) is 16.8 Å². The number of ether oxygens (including phenoxy) is 1. The number of nitrogens with one attached hydrogen (secondary N) is 1. The number of nitrogen functional groups attached to an aromatic ring is 1. The molecule has 1 aromatic heterocycles. The molecular formula is C27H29ClN6O11S3. The summed E-state index contributed by atoms with van der Waals surface area (Å²) in [7, 11) is 0. The number of amides is 3. The third kappa shape index (κ3) is 6.66. The number of aliphatic carboxylic acids is 2. The number of anilines is 1. The molecule has 17 nitrogen and oxygen atoms in total. The highest BCUT2D eigenvalue weighted by molar-refractivity contribution is 8.20. The lowest BCUT2D eigenvalue weighted by atomic mass is 10.1. The van der Waals surface area contributed by atoms with Gasteiger partial charge in [-0.2, -0.15) is 0 Å². The van der Waals surface area contributed by atoms with Gasteiger partial charge in [-0.15, -0.1) is 34.9 Å². The highest BCUT2D eigenvalue weighted by Gasteiger charge is 2.63. The number of nitrogens with zero attached hydrogens (tertiary/aromatic N) is 4. The first-order chi connectivity index (χ1) is 22.6. The van der Waals surface area contributed by atoms with Crippen molar-refractivity contribution in [2.45, 2.75) is 41.0 Å². The second kappa shape index (κ2) is 13.5. The molecule has 3 saturated heterocycles. The van der Waals surface area contributed by atoms with Crippen LogP contribution in [0.1, 0.15) is 29.9 Å². The molecule has 1 unspecified atom stereocenters. The maximum Gasteiger partial charge on any atom is 0.350 e. The number of carbonyl (C=O) groups is 5. The van der Waals surface area contributed by atoms with Crippen LogP contribution in [-0.2, 0) is 28.8 Å². The molecule has 258 valence electrons. The number of morpholine rings is 1. The smallest absolute Gasteiger partial charge is 0.350 e. The average molecular weight is 745 g/mol. The van der Waals surface area contributed by atoms with Gasteiger partial charge in [-0.25, -0.2) is 14.6 Å². The highest BCUT2D eigenvalue weighted by Crippen LogP contribution is 2.53. The summed E-state index contributed by atoms with van der Waals surface area (Å²) in [5.74, 6) is -5.66. The predicted molar refractivity (Wildman–Crippen MR) is 174 cm³/mol. The second-order valence-corrected chi connectivity index (χ2v) is 15.5. The zero-order chi connectivity index (χ0) is 35.1. The summed E-state index contributed by atoms with van der Waals surface area (Å²) < 4.78 is 3.99. The number of halogens is 1. The number of carbonyl (C=O) groups excluding carboxylic acids is 3. The molecule has 4 atom stereocenters. The Labute approximate surface area is 289 Å². The zero-order valence-corrected chi connectivity index (χ0v) is 28.3. The van der Waals surface area contributed by atoms with Gasteiger partial charge in [0, 0.05) is 17.7 Å². The van der Waals surface area contributed by atoms with Crippen LogP contribution in [0.25, 0.3) is 0 Å². The van der Waals surface area contributed by atoms with Crippen LogP contribution in [0, 0.1) is 0 Å². The van der Waals surface area contributed by atoms with E-state index in [0.29, 0.717) is 0 Å². The first-order valence-corrected chi connectivity index (χ1v) is 17.1. The molecule has 21 heteroatoms. The number of hydrogen-bond donors (Lipinski definition) is 6. The van der Waals surface area contributed by atoms with Crippen LogP contribution in [0.2, 0.25) is 5.02 Å². The molecule has 3 aliphatic heterocycles. The summed E-state index contributed by atoms with van der Waals surface area (Å²) in [5.41, 5.74) is 3.38. The van der Waals surface area contributed by atoms with Gasteiger partial charge < -0.3 is 50.9 Å². The highest BCUT2D eigenvalue weighted by atomic mass is 35.5. The number of phenolic OH excluding ortho intramolecular Hbond substituents is 2. The molecule has 0 aliphatic carbocycles. The Morgan fingerprint density at radius 2 is 2.02 bits per heavy atom. The lowest BCUT2D eigenvalue weighted by Crippen LogP contribution is -2.68. The van der Waals surface area contributed by atoms with Crippen LogP contribution in [0.3, 0.4) is 0 Å². The van der Waals surface area contributed by atoms with Crippen LogP contribution < -0.4 is 11.1 Å². The number of aromatic nitrogens is 1. The summed E-state index contributed by atoms with van der Waals surface area (Å²) in [5, 5.41) is 46.1. The monoisotopic (exact) mass is 744 g/mol. The number of carboxylic acids is 2. The van der Waals surface area contributed by atoms with Gasteiger partial charge in [0.05, 0.1) is 36.4 Å². The molecule has 48 heavy (non-hydrogen) atoms. The molecule has 0 bridgehead atoms. The van der Waals surface area contributed by atoms with Gasteiger partial charge >= 0.3 is 11.9 Å². The van der Waals surface area contributed by atoms with Crippen molar-refractivity contribution in [2.75, 3.05) is 37.8 Å². The van der Waals surface area contributed by atoms with Crippen molar-refractivity contribution in [3.8, 4) is 11.5 Å². The van der Waals surface area contributed by atoms with Crippen molar-refractivity contribution in [3.05, 3.63) is 33.8 Å². The van der Waals surface area contributed by atoms with Crippen molar-refractivity contribution in [1.29, 1.82) is 0 Å². The number of β-lactam (4-membered cyclic amide) rings is 1. The summed E-state index contributed by atoms with van der Waals surface area (Å²) in [6.07, 6.45) is 0. The van der Waals surface area contributed by atoms with E-state index in [1.165, 1.54) is 35.1 Å². The van der Waals surface area contributed by atoms with E-state index in [2.05, 4.69) is 15.5 Å². The molecule has 0 saturated carbocycles. The minimum absolute atomic E-state index is 0.0214. The molecule has 1 aromatic carbocycles. The number of phenols is 2. The molecule has 5 rings (SSSR count). The Hall–Kier alpha value is -3.98. The first kappa shape index (κ1) is 35.3. The van der Waals surface area contributed by atoms with E-state index >= 15 is 0 Å². The molecule has 3 aliphatic rings. The lowest BCUT2D eigenvalue weighted by Gasteiger charge is -2.41. The topological polar surface area (TPSA) is 255 Å². The molecule has 0 spiro atoms. The van der Waals surface area contributed by atoms with Crippen LogP contribution in [0.4, 0.5) is 5.13 Å². The number of aromatic hydroxyl groups is 2. The fourth-order valence-corrected chi connectivity index (χ4v) is 8.83. The predicted octanol–water partition coefficient (Wildman–Crippen LogP) is 0.829. The molecule has 3 fully saturated rings. The molecule has 3 amide bonds. The number of rotatable bonds is 11. The van der Waals surface area contributed by atoms with Gasteiger partial charge in [0.25, 0.3) is 11.8 Å². The Morgan fingerprint density at radius 1 is 1.29 bits per heavy atom. The van der Waals surface area contributed by atoms with Crippen LogP contribution in [0.15, 0.2) is 22.7 Å². The van der Waals surface area contributed by atoms with Crippen molar-refractivity contribution >= 4 is 87.0 Å². The third-order valence-electron chi connectivity index (χ3n) is 7.63. The van der Waals surface area contributed by atoms with E-state index in [4.69, 9.17) is 26.9 Å². The second-order valence-electron chi connectivity index (χ2n) is 11.2. The number of fused-ring (bicyclic) bond motifs is 1. The van der Waals surface area contributed by atoms with Gasteiger partial charge in [0.1, 0.15) is 17.1 Å². The van der Waals surface area contributed by atoms with Crippen LogP contribution in [0.5, 0.6) is 11.5 Å². The van der Waals surface area contributed by atoms with Crippen LogP contribution >= 0.6 is 46.5 Å². The number of thiazole rings is 1. The van der Waals surface area contributed by atoms with Gasteiger partial charge in [0.2, 0.25) is 11.5 Å². The minimum Gasteiger partial charge on any atom is -0.504 e. The summed E-state index contributed by atoms with van der Waals surface area (Å²) in [6, 6.07) is 0.640. The number of oxime groups is 1. The number of carboxylic acid groups (broad SMARTS) is 2. The SMILES string of the molecule is CC(C)(O/N=C(\C(=O)N[C@@H]1C(=O)N2C[C@](SCC3COCCN3C(=O)c3ccc(O)c(O)c3Cl)(C(=O)O)S[C@H]12)c1csc(N)n1)C(=O)O. The molecular weight excluding hydrogens is 716 g/mol. The zero-order valence-electron chi connectivity index (χ0n) is 25.1. The van der Waals surface area contributed by atoms with Gasteiger partial charge in [0.15, 0.2) is 26.4 Å². The lowest BCUT2D eigenvalue weighted by molar-refractivity contribution is -0.161. The number of nitrogens with two attached hydrogens (primary N) is 1. The summed E-state index contributed by atoms with van der Waals surface area (Å²) in [4.78, 5) is 75.9. The Bertz CT molecular complexity index is 1710. The van der Waals surface area contributed by atoms with Crippen LogP contribution in [-0.4, -0.2) is 130 Å². The van der Waals surface area contributed by atoms with E-state index in [9.17, 15) is 44.4 Å². The molecule has 7 N–H and O–H groups in total. The van der Waals surface area contributed by atoms with E-state index < -0.39 is 74.0 Å². The maximum atomic E-state index is 13.4. The van der Waals surface area contributed by atoms with Crippen molar-refractivity contribution < 1.29 is 54.0 Å². The van der Waals surface area contributed by atoms with Crippen molar-refractivity contribution in [3.63, 3.8) is 0 Å². The number of hydrogen-bond acceptors (Lipinski definition) is 15. The fraction of sp³-hybridized carbons (Fsp3) is 0.444. The molecule has 0 radical (unpaired) electrons. The first-order valence-electron chi connectivity index (χ1n) is 14.0. The van der Waals surface area contributed by atoms with Crippen molar-refractivity contribution in [2.24, 2.45) is 5.16 Å². The summed E-state index contributed by atoms with van der Waals surface area (Å²) in [6.45, 7) is 2.67. The van der Waals surface area contributed by atoms with E-state index in [-0.39, 0.29) is 53.5 Å². The number of benzene rings is 1. The van der Waals surface area contributed by atoms with Crippen molar-refractivity contribution in [1.82, 2.24) is 20.1 Å². The molecule has 4 heterocycles. The number of thioether (sulfide) groups is 2. The minimum atomic E-state index is -1.81. The van der Waals surface area contributed by atoms with E-state index in [0.717, 1.165) is 40.9 Å². The average Bonchev–Trinajstić information content (AvgIpc) is 3.63. The normalized spacial score (nSPS) is 24.1. The van der Waals surface area contributed by atoms with Gasteiger partial charge in [-0.05, 0) is 26.0 Å². The Balaban J connectivity index is 1.30.